The minimum atomic E-state index is 0.455. The van der Waals surface area contributed by atoms with Gasteiger partial charge < -0.3 is 5.32 Å². The minimum absolute atomic E-state index is 0.455. The van der Waals surface area contributed by atoms with Crippen LogP contribution in [-0.2, 0) is 0 Å². The lowest BCUT2D eigenvalue weighted by atomic mass is 10.2. The van der Waals surface area contributed by atoms with Crippen molar-refractivity contribution in [3.05, 3.63) is 16.5 Å². The molecule has 0 bridgehead atoms. The third kappa shape index (κ3) is 4.14. The molecule has 5 heteroatoms. The molecule has 1 aromatic heterocycles. The van der Waals surface area contributed by atoms with Crippen molar-refractivity contribution in [3.63, 3.8) is 0 Å². The van der Waals surface area contributed by atoms with Gasteiger partial charge in [-0.3, -0.25) is 0 Å². The third-order valence-corrected chi connectivity index (χ3v) is 3.85. The Labute approximate surface area is 115 Å². The highest BCUT2D eigenvalue weighted by atomic mass is 79.9. The number of nitrogens with zero attached hydrogens (tertiary/aromatic N) is 2. The van der Waals surface area contributed by atoms with E-state index >= 15 is 0 Å². The molecule has 17 heavy (non-hydrogen) atoms. The standard InChI is InChI=1S/C12H18BrN3S/c1-8(5-6-17-2)14-11-7-10(13)15-12(16-11)9-3-4-9/h7-9H,3-6H2,1-2H3,(H,14,15,16). The van der Waals surface area contributed by atoms with Crippen molar-refractivity contribution < 1.29 is 0 Å². The maximum absolute atomic E-state index is 4.58. The average molecular weight is 316 g/mol. The molecule has 1 heterocycles. The zero-order valence-electron chi connectivity index (χ0n) is 10.2. The molecule has 2 rings (SSSR count). The largest absolute Gasteiger partial charge is 0.367 e. The summed E-state index contributed by atoms with van der Waals surface area (Å²) in [5.74, 6) is 3.70. The highest BCUT2D eigenvalue weighted by molar-refractivity contribution is 9.10. The van der Waals surface area contributed by atoms with Gasteiger partial charge in [-0.2, -0.15) is 11.8 Å². The molecular formula is C12H18BrN3S. The molecule has 1 fully saturated rings. The van der Waals surface area contributed by atoms with Gasteiger partial charge in [-0.1, -0.05) is 0 Å². The molecule has 0 amide bonds. The van der Waals surface area contributed by atoms with Gasteiger partial charge >= 0.3 is 0 Å². The highest BCUT2D eigenvalue weighted by Gasteiger charge is 2.27. The number of nitrogens with one attached hydrogen (secondary N) is 1. The lowest BCUT2D eigenvalue weighted by molar-refractivity contribution is 0.761. The highest BCUT2D eigenvalue weighted by Crippen LogP contribution is 2.38. The molecule has 1 N–H and O–H groups in total. The van der Waals surface area contributed by atoms with Crippen molar-refractivity contribution in [2.75, 3.05) is 17.3 Å². The normalized spacial score (nSPS) is 16.9. The van der Waals surface area contributed by atoms with Gasteiger partial charge in [0.2, 0.25) is 0 Å². The third-order valence-electron chi connectivity index (χ3n) is 2.80. The topological polar surface area (TPSA) is 37.8 Å². The molecule has 0 radical (unpaired) electrons. The van der Waals surface area contributed by atoms with Gasteiger partial charge in [0, 0.05) is 18.0 Å². The maximum atomic E-state index is 4.58. The number of thioether (sulfide) groups is 1. The lowest BCUT2D eigenvalue weighted by Gasteiger charge is -2.14. The number of rotatable bonds is 6. The Balaban J connectivity index is 1.99. The molecule has 94 valence electrons. The van der Waals surface area contributed by atoms with Crippen LogP contribution in [0.15, 0.2) is 10.7 Å². The van der Waals surface area contributed by atoms with Gasteiger partial charge in [0.25, 0.3) is 0 Å². The van der Waals surface area contributed by atoms with E-state index in [4.69, 9.17) is 0 Å². The van der Waals surface area contributed by atoms with Crippen LogP contribution >= 0.6 is 27.7 Å². The first-order chi connectivity index (χ1) is 8.19. The van der Waals surface area contributed by atoms with Crippen LogP contribution in [0, 0.1) is 0 Å². The number of hydrogen-bond acceptors (Lipinski definition) is 4. The molecule has 1 saturated carbocycles. The summed E-state index contributed by atoms with van der Waals surface area (Å²) in [6, 6.07) is 2.41. The summed E-state index contributed by atoms with van der Waals surface area (Å²) < 4.78 is 0.883. The fraction of sp³-hybridized carbons (Fsp3) is 0.667. The van der Waals surface area contributed by atoms with Gasteiger partial charge in [0.05, 0.1) is 0 Å². The van der Waals surface area contributed by atoms with E-state index in [1.54, 1.807) is 0 Å². The molecular weight excluding hydrogens is 298 g/mol. The average Bonchev–Trinajstić information content (AvgIpc) is 3.09. The smallest absolute Gasteiger partial charge is 0.135 e. The summed E-state index contributed by atoms with van der Waals surface area (Å²) in [7, 11) is 0. The Bertz CT molecular complexity index is 382. The summed E-state index contributed by atoms with van der Waals surface area (Å²) in [6.07, 6.45) is 5.76. The van der Waals surface area contributed by atoms with Crippen LogP contribution < -0.4 is 5.32 Å². The molecule has 0 spiro atoms. The van der Waals surface area contributed by atoms with Crippen LogP contribution in [0.5, 0.6) is 0 Å². The van der Waals surface area contributed by atoms with E-state index in [9.17, 15) is 0 Å². The second-order valence-corrected chi connectivity index (χ2v) is 6.33. The summed E-state index contributed by atoms with van der Waals surface area (Å²) >= 11 is 5.34. The van der Waals surface area contributed by atoms with Crippen LogP contribution in [0.25, 0.3) is 0 Å². The van der Waals surface area contributed by atoms with Crippen molar-refractivity contribution in [2.24, 2.45) is 0 Å². The molecule has 1 unspecified atom stereocenters. The van der Waals surface area contributed by atoms with Gasteiger partial charge in [-0.05, 0) is 54.1 Å². The Hall–Kier alpha value is -0.290. The number of halogens is 1. The van der Waals surface area contributed by atoms with Crippen molar-refractivity contribution >= 4 is 33.5 Å². The van der Waals surface area contributed by atoms with E-state index in [-0.39, 0.29) is 0 Å². The first-order valence-corrected chi connectivity index (χ1v) is 8.17. The van der Waals surface area contributed by atoms with Gasteiger partial charge in [0.15, 0.2) is 0 Å². The van der Waals surface area contributed by atoms with Crippen molar-refractivity contribution in [3.8, 4) is 0 Å². The van der Waals surface area contributed by atoms with Crippen LogP contribution in [0.3, 0.4) is 0 Å². The number of hydrogen-bond donors (Lipinski definition) is 1. The van der Waals surface area contributed by atoms with Gasteiger partial charge in [-0.15, -0.1) is 0 Å². The van der Waals surface area contributed by atoms with Crippen molar-refractivity contribution in [1.29, 1.82) is 0 Å². The summed E-state index contributed by atoms with van der Waals surface area (Å²) in [5, 5.41) is 3.45. The molecule has 3 nitrogen and oxygen atoms in total. The number of aromatic nitrogens is 2. The maximum Gasteiger partial charge on any atom is 0.135 e. The SMILES string of the molecule is CSCCC(C)Nc1cc(Br)nc(C2CC2)n1. The fourth-order valence-electron chi connectivity index (χ4n) is 1.65. The molecule has 0 saturated heterocycles. The second kappa shape index (κ2) is 6.05. The summed E-state index contributed by atoms with van der Waals surface area (Å²) in [5.41, 5.74) is 0. The van der Waals surface area contributed by atoms with Crippen LogP contribution in [0.1, 0.15) is 37.9 Å². The molecule has 1 aromatic rings. The molecule has 1 aliphatic rings. The van der Waals surface area contributed by atoms with E-state index in [0.29, 0.717) is 12.0 Å². The Morgan fingerprint density at radius 1 is 1.53 bits per heavy atom. The van der Waals surface area contributed by atoms with Crippen molar-refractivity contribution in [1.82, 2.24) is 9.97 Å². The predicted molar refractivity (Wildman–Crippen MR) is 77.8 cm³/mol. The molecule has 0 aromatic carbocycles. The summed E-state index contributed by atoms with van der Waals surface area (Å²) in [4.78, 5) is 9.01. The fourth-order valence-corrected chi connectivity index (χ4v) is 2.64. The molecule has 1 aliphatic carbocycles. The Morgan fingerprint density at radius 2 is 2.29 bits per heavy atom. The van der Waals surface area contributed by atoms with Crippen LogP contribution in [0.2, 0.25) is 0 Å². The lowest BCUT2D eigenvalue weighted by Crippen LogP contribution is -2.17. The van der Waals surface area contributed by atoms with E-state index in [0.717, 1.165) is 22.7 Å². The van der Waals surface area contributed by atoms with E-state index < -0.39 is 0 Å². The van der Waals surface area contributed by atoms with Crippen LogP contribution in [-0.4, -0.2) is 28.0 Å². The van der Waals surface area contributed by atoms with E-state index in [1.165, 1.54) is 18.6 Å². The molecule has 0 aliphatic heterocycles. The zero-order chi connectivity index (χ0) is 12.3. The minimum Gasteiger partial charge on any atom is -0.367 e. The van der Waals surface area contributed by atoms with Crippen molar-refractivity contribution in [2.45, 2.75) is 38.1 Å². The first-order valence-electron chi connectivity index (χ1n) is 5.99. The molecule has 1 atom stereocenters. The number of anilines is 1. The Morgan fingerprint density at radius 3 is 2.94 bits per heavy atom. The summed E-state index contributed by atoms with van der Waals surface area (Å²) in [6.45, 7) is 2.20. The van der Waals surface area contributed by atoms with Gasteiger partial charge in [-0.25, -0.2) is 9.97 Å². The van der Waals surface area contributed by atoms with E-state index in [2.05, 4.69) is 44.4 Å². The van der Waals surface area contributed by atoms with Gasteiger partial charge in [0.1, 0.15) is 16.2 Å². The van der Waals surface area contributed by atoms with Crippen LogP contribution in [0.4, 0.5) is 5.82 Å². The van der Waals surface area contributed by atoms with E-state index in [1.807, 2.05) is 17.8 Å². The Kier molecular flexibility index (Phi) is 4.68. The second-order valence-electron chi connectivity index (χ2n) is 4.54. The quantitative estimate of drug-likeness (QED) is 0.813. The zero-order valence-corrected chi connectivity index (χ0v) is 12.6. The monoisotopic (exact) mass is 315 g/mol. The predicted octanol–water partition coefficient (Wildman–Crippen LogP) is 3.67. The first kappa shape index (κ1) is 13.1.